The highest BCUT2D eigenvalue weighted by atomic mass is 16.5. The topological polar surface area (TPSA) is 41.5 Å². The number of hydrogen-bond acceptors (Lipinski definition) is 3. The van der Waals surface area contributed by atoms with Gasteiger partial charge in [0.25, 0.3) is 0 Å². The van der Waals surface area contributed by atoms with Crippen LogP contribution in [0.3, 0.4) is 0 Å². The summed E-state index contributed by atoms with van der Waals surface area (Å²) in [5, 5.41) is 12.7. The van der Waals surface area contributed by atoms with Gasteiger partial charge < -0.3 is 15.2 Å². The first-order chi connectivity index (χ1) is 8.90. The monoisotopic (exact) mass is 265 g/mol. The number of nitrogens with one attached hydrogen (secondary N) is 1. The van der Waals surface area contributed by atoms with Gasteiger partial charge in [-0.1, -0.05) is 26.0 Å². The van der Waals surface area contributed by atoms with Gasteiger partial charge in [0, 0.05) is 6.54 Å². The first kappa shape index (κ1) is 16.0. The van der Waals surface area contributed by atoms with Crippen LogP contribution in [-0.4, -0.2) is 24.4 Å². The Kier molecular flexibility index (Phi) is 6.32. The van der Waals surface area contributed by atoms with Gasteiger partial charge in [-0.2, -0.15) is 0 Å². The molecule has 0 aliphatic carbocycles. The lowest BCUT2D eigenvalue weighted by Crippen LogP contribution is -2.19. The number of hydrogen-bond donors (Lipinski definition) is 2. The molecule has 1 aromatic carbocycles. The summed E-state index contributed by atoms with van der Waals surface area (Å²) in [5.74, 6) is 1.56. The van der Waals surface area contributed by atoms with Gasteiger partial charge in [0.05, 0.1) is 6.10 Å². The van der Waals surface area contributed by atoms with E-state index in [4.69, 9.17) is 4.74 Å². The Morgan fingerprint density at radius 1 is 1.16 bits per heavy atom. The van der Waals surface area contributed by atoms with Gasteiger partial charge in [-0.05, 0) is 49.9 Å². The summed E-state index contributed by atoms with van der Waals surface area (Å²) in [5.41, 5.74) is 3.53. The average Bonchev–Trinajstić information content (AvgIpc) is 2.26. The molecule has 3 nitrogen and oxygen atoms in total. The lowest BCUT2D eigenvalue weighted by Gasteiger charge is -2.15. The van der Waals surface area contributed by atoms with E-state index >= 15 is 0 Å². The van der Waals surface area contributed by atoms with Crippen molar-refractivity contribution in [3.63, 3.8) is 0 Å². The first-order valence-electron chi connectivity index (χ1n) is 7.01. The predicted octanol–water partition coefficient (Wildman–Crippen LogP) is 2.81. The molecule has 0 spiro atoms. The van der Waals surface area contributed by atoms with Crippen LogP contribution in [0.5, 0.6) is 5.75 Å². The Balaban J connectivity index is 2.67. The SMILES string of the molecule is Cc1cc(CNCC(C)C)cc(C)c1OCC(C)O. The van der Waals surface area contributed by atoms with Gasteiger partial charge in [-0.25, -0.2) is 0 Å². The Bertz CT molecular complexity index is 377. The summed E-state index contributed by atoms with van der Waals surface area (Å²) in [6.07, 6.45) is -0.439. The molecule has 2 N–H and O–H groups in total. The van der Waals surface area contributed by atoms with Gasteiger partial charge >= 0.3 is 0 Å². The molecule has 0 saturated carbocycles. The fraction of sp³-hybridized carbons (Fsp3) is 0.625. The molecular formula is C16H27NO2. The van der Waals surface area contributed by atoms with Gasteiger partial charge in [0.2, 0.25) is 0 Å². The highest BCUT2D eigenvalue weighted by Crippen LogP contribution is 2.25. The second kappa shape index (κ2) is 7.51. The van der Waals surface area contributed by atoms with Crippen molar-refractivity contribution in [2.45, 2.75) is 47.3 Å². The number of aliphatic hydroxyl groups excluding tert-OH is 1. The van der Waals surface area contributed by atoms with E-state index in [1.807, 2.05) is 0 Å². The highest BCUT2D eigenvalue weighted by Gasteiger charge is 2.08. The van der Waals surface area contributed by atoms with E-state index in [2.05, 4.69) is 45.1 Å². The van der Waals surface area contributed by atoms with Crippen molar-refractivity contribution in [2.75, 3.05) is 13.2 Å². The minimum Gasteiger partial charge on any atom is -0.490 e. The molecule has 0 heterocycles. The molecule has 0 amide bonds. The number of aryl methyl sites for hydroxylation is 2. The average molecular weight is 265 g/mol. The molecule has 1 rings (SSSR count). The third kappa shape index (κ3) is 5.62. The molecule has 3 heteroatoms. The molecule has 0 aliphatic heterocycles. The maximum Gasteiger partial charge on any atom is 0.125 e. The second-order valence-electron chi connectivity index (χ2n) is 5.74. The molecule has 0 aliphatic rings. The minimum atomic E-state index is -0.439. The Labute approximate surface area is 117 Å². The third-order valence-electron chi connectivity index (χ3n) is 2.87. The van der Waals surface area contributed by atoms with Crippen LogP contribution >= 0.6 is 0 Å². The Morgan fingerprint density at radius 3 is 2.21 bits per heavy atom. The van der Waals surface area contributed by atoms with Crippen LogP contribution in [0.15, 0.2) is 12.1 Å². The van der Waals surface area contributed by atoms with E-state index < -0.39 is 6.10 Å². The van der Waals surface area contributed by atoms with Crippen molar-refractivity contribution in [1.82, 2.24) is 5.32 Å². The summed E-state index contributed by atoms with van der Waals surface area (Å²) in [7, 11) is 0. The zero-order chi connectivity index (χ0) is 14.4. The predicted molar refractivity (Wildman–Crippen MR) is 79.6 cm³/mol. The molecule has 1 atom stereocenters. The summed E-state index contributed by atoms with van der Waals surface area (Å²) in [6, 6.07) is 4.30. The maximum absolute atomic E-state index is 9.28. The van der Waals surface area contributed by atoms with Crippen LogP contribution in [0.1, 0.15) is 37.5 Å². The van der Waals surface area contributed by atoms with Crippen LogP contribution in [0.2, 0.25) is 0 Å². The molecule has 1 aromatic rings. The lowest BCUT2D eigenvalue weighted by molar-refractivity contribution is 0.122. The normalized spacial score (nSPS) is 12.8. The largest absolute Gasteiger partial charge is 0.490 e. The molecule has 0 aromatic heterocycles. The fourth-order valence-electron chi connectivity index (χ4n) is 2.08. The number of rotatable bonds is 7. The molecule has 1 unspecified atom stereocenters. The van der Waals surface area contributed by atoms with Gasteiger partial charge in [-0.15, -0.1) is 0 Å². The van der Waals surface area contributed by atoms with Crippen molar-refractivity contribution in [3.05, 3.63) is 28.8 Å². The Hall–Kier alpha value is -1.06. The molecule has 108 valence electrons. The molecular weight excluding hydrogens is 238 g/mol. The standard InChI is InChI=1S/C16H27NO2/c1-11(2)8-17-9-15-6-12(3)16(13(4)7-15)19-10-14(5)18/h6-7,11,14,17-18H,8-10H2,1-5H3. The zero-order valence-electron chi connectivity index (χ0n) is 12.8. The molecule has 0 fully saturated rings. The second-order valence-corrected chi connectivity index (χ2v) is 5.74. The van der Waals surface area contributed by atoms with Crippen molar-refractivity contribution in [3.8, 4) is 5.75 Å². The highest BCUT2D eigenvalue weighted by molar-refractivity contribution is 5.43. The molecule has 19 heavy (non-hydrogen) atoms. The molecule has 0 bridgehead atoms. The fourth-order valence-corrected chi connectivity index (χ4v) is 2.08. The van der Waals surface area contributed by atoms with E-state index in [9.17, 15) is 5.11 Å². The zero-order valence-corrected chi connectivity index (χ0v) is 12.8. The quantitative estimate of drug-likeness (QED) is 0.796. The first-order valence-corrected chi connectivity index (χ1v) is 7.01. The number of benzene rings is 1. The van der Waals surface area contributed by atoms with E-state index in [-0.39, 0.29) is 0 Å². The van der Waals surface area contributed by atoms with Crippen LogP contribution in [0, 0.1) is 19.8 Å². The van der Waals surface area contributed by atoms with Crippen molar-refractivity contribution >= 4 is 0 Å². The minimum absolute atomic E-state index is 0.340. The van der Waals surface area contributed by atoms with E-state index in [0.717, 1.165) is 30.0 Å². The van der Waals surface area contributed by atoms with E-state index in [1.54, 1.807) is 6.92 Å². The van der Waals surface area contributed by atoms with Crippen LogP contribution in [0.4, 0.5) is 0 Å². The number of ether oxygens (including phenoxy) is 1. The van der Waals surface area contributed by atoms with Crippen LogP contribution in [0.25, 0.3) is 0 Å². The molecule has 0 saturated heterocycles. The van der Waals surface area contributed by atoms with Gasteiger partial charge in [0.1, 0.15) is 12.4 Å². The smallest absolute Gasteiger partial charge is 0.125 e. The van der Waals surface area contributed by atoms with Crippen molar-refractivity contribution < 1.29 is 9.84 Å². The Morgan fingerprint density at radius 2 is 1.74 bits per heavy atom. The third-order valence-corrected chi connectivity index (χ3v) is 2.87. The van der Waals surface area contributed by atoms with Crippen LogP contribution < -0.4 is 10.1 Å². The van der Waals surface area contributed by atoms with E-state index in [1.165, 1.54) is 5.56 Å². The summed E-state index contributed by atoms with van der Waals surface area (Å²) in [4.78, 5) is 0. The van der Waals surface area contributed by atoms with Gasteiger partial charge in [0.15, 0.2) is 0 Å². The number of aliphatic hydroxyl groups is 1. The summed E-state index contributed by atoms with van der Waals surface area (Å²) in [6.45, 7) is 12.5. The van der Waals surface area contributed by atoms with E-state index in [0.29, 0.717) is 12.5 Å². The van der Waals surface area contributed by atoms with Crippen LogP contribution in [-0.2, 0) is 6.54 Å². The van der Waals surface area contributed by atoms with Crippen molar-refractivity contribution in [1.29, 1.82) is 0 Å². The maximum atomic E-state index is 9.28. The van der Waals surface area contributed by atoms with Gasteiger partial charge in [-0.3, -0.25) is 0 Å². The van der Waals surface area contributed by atoms with Crippen molar-refractivity contribution in [2.24, 2.45) is 5.92 Å². The molecule has 0 radical (unpaired) electrons. The summed E-state index contributed by atoms with van der Waals surface area (Å²) < 4.78 is 5.66. The summed E-state index contributed by atoms with van der Waals surface area (Å²) >= 11 is 0. The lowest BCUT2D eigenvalue weighted by atomic mass is 10.1.